The number of amides is 2. The van der Waals surface area contributed by atoms with Crippen LogP contribution in [0.1, 0.15) is 40.0 Å². The van der Waals surface area contributed by atoms with Crippen molar-refractivity contribution in [3.05, 3.63) is 29.3 Å². The van der Waals surface area contributed by atoms with Gasteiger partial charge in [-0.25, -0.2) is 0 Å². The molecule has 156 valence electrons. The van der Waals surface area contributed by atoms with Crippen molar-refractivity contribution in [2.45, 2.75) is 19.3 Å². The molecule has 5 N–H and O–H groups in total. The molecule has 1 aliphatic rings. The van der Waals surface area contributed by atoms with Gasteiger partial charge in [0.15, 0.2) is 0 Å². The average Bonchev–Trinajstić information content (AvgIpc) is 2.98. The molecule has 0 fully saturated rings. The molecule has 2 amide bonds. The van der Waals surface area contributed by atoms with E-state index in [-0.39, 0.29) is 11.8 Å². The minimum Gasteiger partial charge on any atom is -0.382 e. The predicted molar refractivity (Wildman–Crippen MR) is 108 cm³/mol. The number of nitrogens with two attached hydrogens (primary N) is 1. The van der Waals surface area contributed by atoms with Gasteiger partial charge < -0.3 is 30.7 Å². The molecule has 0 aliphatic carbocycles. The number of rotatable bonds is 10. The minimum atomic E-state index is -0.360. The number of fused-ring (bicyclic) bond motifs is 1. The highest BCUT2D eigenvalue weighted by Crippen LogP contribution is 2.23. The molecule has 0 aromatic heterocycles. The number of carbonyl (C=O) groups excluding carboxylic acids is 4. The van der Waals surface area contributed by atoms with Gasteiger partial charge in [0, 0.05) is 31.6 Å². The number of nitrogens with one attached hydrogen (secondary N) is 3. The Balaban J connectivity index is 0.000000612. The molecular weight excluding hydrogens is 364 g/mol. The number of anilines is 1. The Labute approximate surface area is 165 Å². The number of aldehydes is 2. The molecule has 0 spiro atoms. The third-order valence-electron chi connectivity index (χ3n) is 3.23. The van der Waals surface area contributed by atoms with Crippen LogP contribution in [0.3, 0.4) is 0 Å². The average molecular weight is 394 g/mol. The fourth-order valence-electron chi connectivity index (χ4n) is 2.09. The summed E-state index contributed by atoms with van der Waals surface area (Å²) >= 11 is 0. The quantitative estimate of drug-likeness (QED) is 0.253. The van der Waals surface area contributed by atoms with E-state index in [0.717, 1.165) is 12.6 Å². The van der Waals surface area contributed by atoms with Crippen molar-refractivity contribution in [2.24, 2.45) is 5.73 Å². The Morgan fingerprint density at radius 3 is 2.29 bits per heavy atom. The van der Waals surface area contributed by atoms with Crippen LogP contribution in [0.2, 0.25) is 0 Å². The van der Waals surface area contributed by atoms with Crippen molar-refractivity contribution in [3.8, 4) is 0 Å². The van der Waals surface area contributed by atoms with E-state index in [4.69, 9.17) is 10.5 Å². The number of ether oxygens (including phenoxy) is 1. The lowest BCUT2D eigenvalue weighted by Crippen LogP contribution is -2.20. The molecule has 9 nitrogen and oxygen atoms in total. The van der Waals surface area contributed by atoms with E-state index >= 15 is 0 Å². The molecule has 28 heavy (non-hydrogen) atoms. The van der Waals surface area contributed by atoms with Gasteiger partial charge in [-0.15, -0.1) is 0 Å². The van der Waals surface area contributed by atoms with E-state index in [2.05, 4.69) is 16.0 Å². The van der Waals surface area contributed by atoms with Crippen LogP contribution >= 0.6 is 0 Å². The summed E-state index contributed by atoms with van der Waals surface area (Å²) < 4.78 is 5.22. The third kappa shape index (κ3) is 9.91. The van der Waals surface area contributed by atoms with E-state index in [9.17, 15) is 19.2 Å². The monoisotopic (exact) mass is 394 g/mol. The molecule has 0 unspecified atom stereocenters. The SMILES string of the molecule is CNC.NCCOCCNc1cccc2c1C(=O)NC2=O.O=CCCCC=O. The fraction of sp³-hybridized carbons (Fsp3) is 0.474. The smallest absolute Gasteiger partial charge is 0.261 e. The van der Waals surface area contributed by atoms with Crippen LogP contribution in [-0.4, -0.2) is 64.8 Å². The number of imide groups is 1. The number of unbranched alkanes of at least 4 members (excludes halogenated alkanes) is 2. The van der Waals surface area contributed by atoms with Gasteiger partial charge in [0.1, 0.15) is 12.6 Å². The van der Waals surface area contributed by atoms with Gasteiger partial charge in [-0.1, -0.05) is 6.07 Å². The molecular formula is C19H30N4O5. The highest BCUT2D eigenvalue weighted by Gasteiger charge is 2.28. The third-order valence-corrected chi connectivity index (χ3v) is 3.23. The summed E-state index contributed by atoms with van der Waals surface area (Å²) in [4.78, 5) is 42.2. The van der Waals surface area contributed by atoms with Crippen LogP contribution in [0.25, 0.3) is 0 Å². The Morgan fingerprint density at radius 2 is 1.71 bits per heavy atom. The highest BCUT2D eigenvalue weighted by molar-refractivity contribution is 6.23. The van der Waals surface area contributed by atoms with Crippen molar-refractivity contribution in [1.82, 2.24) is 10.6 Å². The number of hydrogen-bond acceptors (Lipinski definition) is 8. The van der Waals surface area contributed by atoms with Gasteiger partial charge in [0.2, 0.25) is 0 Å². The van der Waals surface area contributed by atoms with Gasteiger partial charge in [-0.3, -0.25) is 14.9 Å². The first kappa shape index (κ1) is 25.4. The maximum Gasteiger partial charge on any atom is 0.261 e. The normalized spacial score (nSPS) is 11.2. The second-order valence-corrected chi connectivity index (χ2v) is 5.60. The zero-order valence-corrected chi connectivity index (χ0v) is 16.5. The Kier molecular flexibility index (Phi) is 15.0. The molecule has 0 saturated heterocycles. The van der Waals surface area contributed by atoms with E-state index in [0.29, 0.717) is 62.4 Å². The second-order valence-electron chi connectivity index (χ2n) is 5.60. The van der Waals surface area contributed by atoms with Gasteiger partial charge in [-0.2, -0.15) is 0 Å². The van der Waals surface area contributed by atoms with Crippen LogP contribution in [0.4, 0.5) is 5.69 Å². The molecule has 1 aliphatic heterocycles. The Bertz CT molecular complexity index is 614. The lowest BCUT2D eigenvalue weighted by Gasteiger charge is -2.09. The van der Waals surface area contributed by atoms with Gasteiger partial charge in [0.25, 0.3) is 11.8 Å². The summed E-state index contributed by atoms with van der Waals surface area (Å²) in [5, 5.41) is 8.09. The summed E-state index contributed by atoms with van der Waals surface area (Å²) in [7, 11) is 3.75. The van der Waals surface area contributed by atoms with E-state index in [1.807, 2.05) is 14.1 Å². The molecule has 0 radical (unpaired) electrons. The van der Waals surface area contributed by atoms with Crippen molar-refractivity contribution < 1.29 is 23.9 Å². The van der Waals surface area contributed by atoms with E-state index in [1.165, 1.54) is 0 Å². The summed E-state index contributed by atoms with van der Waals surface area (Å²) in [6, 6.07) is 5.13. The zero-order valence-electron chi connectivity index (χ0n) is 16.5. The molecule has 0 saturated carbocycles. The second kappa shape index (κ2) is 16.5. The Morgan fingerprint density at radius 1 is 1.07 bits per heavy atom. The van der Waals surface area contributed by atoms with Crippen LogP contribution in [-0.2, 0) is 14.3 Å². The first-order valence-corrected chi connectivity index (χ1v) is 9.03. The lowest BCUT2D eigenvalue weighted by molar-refractivity contribution is -0.108. The van der Waals surface area contributed by atoms with Crippen LogP contribution in [0.5, 0.6) is 0 Å². The lowest BCUT2D eigenvalue weighted by atomic mass is 10.1. The molecule has 0 atom stereocenters. The maximum atomic E-state index is 11.6. The molecule has 9 heteroatoms. The fourth-order valence-corrected chi connectivity index (χ4v) is 2.09. The number of hydrogen-bond donors (Lipinski definition) is 4. The minimum absolute atomic E-state index is 0.349. The number of carbonyl (C=O) groups is 4. The van der Waals surface area contributed by atoms with Crippen molar-refractivity contribution in [3.63, 3.8) is 0 Å². The molecule has 0 bridgehead atoms. The first-order chi connectivity index (χ1) is 13.6. The van der Waals surface area contributed by atoms with Gasteiger partial charge in [-0.05, 0) is 32.6 Å². The molecule has 1 aromatic carbocycles. The summed E-state index contributed by atoms with van der Waals surface area (Å²) in [5.41, 5.74) is 6.75. The Hall–Kier alpha value is -2.62. The molecule has 2 rings (SSSR count). The van der Waals surface area contributed by atoms with Gasteiger partial charge >= 0.3 is 0 Å². The maximum absolute atomic E-state index is 11.6. The summed E-state index contributed by atoms with van der Waals surface area (Å²) in [5.74, 6) is -0.709. The predicted octanol–water partition coefficient (Wildman–Crippen LogP) is 0.348. The van der Waals surface area contributed by atoms with Crippen LogP contribution in [0.15, 0.2) is 18.2 Å². The van der Waals surface area contributed by atoms with Gasteiger partial charge in [0.05, 0.1) is 24.3 Å². The standard InChI is InChI=1S/C12H15N3O3.C5H8O2.C2H7N/c13-4-6-18-7-5-14-9-3-1-2-8-10(9)12(17)15-11(8)16;6-4-2-1-3-5-7;1-3-2/h1-3,14H,4-7,13H2,(H,15,16,17);4-5H,1-3H2;3H,1-2H3. The van der Waals surface area contributed by atoms with E-state index < -0.39 is 0 Å². The topological polar surface area (TPSA) is 140 Å². The van der Waals surface area contributed by atoms with Crippen molar-refractivity contribution in [2.75, 3.05) is 45.7 Å². The van der Waals surface area contributed by atoms with Crippen molar-refractivity contribution >= 4 is 30.1 Å². The summed E-state index contributed by atoms with van der Waals surface area (Å²) in [6.45, 7) is 2.04. The van der Waals surface area contributed by atoms with Crippen LogP contribution < -0.4 is 21.7 Å². The van der Waals surface area contributed by atoms with Crippen LogP contribution in [0, 0.1) is 0 Å². The summed E-state index contributed by atoms with van der Waals surface area (Å²) in [6.07, 6.45) is 3.37. The largest absolute Gasteiger partial charge is 0.382 e. The highest BCUT2D eigenvalue weighted by atomic mass is 16.5. The van der Waals surface area contributed by atoms with Crippen molar-refractivity contribution in [1.29, 1.82) is 0 Å². The first-order valence-electron chi connectivity index (χ1n) is 9.03. The van der Waals surface area contributed by atoms with E-state index in [1.54, 1.807) is 18.2 Å². The number of benzene rings is 1. The zero-order chi connectivity index (χ0) is 21.2. The molecule has 1 aromatic rings. The molecule has 1 heterocycles.